The number of fused-ring (bicyclic) bond motifs is 1. The summed E-state index contributed by atoms with van der Waals surface area (Å²) in [6, 6.07) is 15.6. The lowest BCUT2D eigenvalue weighted by molar-refractivity contribution is 0.0690. The van der Waals surface area contributed by atoms with Gasteiger partial charge in [0.1, 0.15) is 5.15 Å². The summed E-state index contributed by atoms with van der Waals surface area (Å²) in [4.78, 5) is 50.9. The van der Waals surface area contributed by atoms with Crippen molar-refractivity contribution in [1.29, 1.82) is 0 Å². The molecule has 1 amide bonds. The standard InChI is InChI=1S/C29H29ClN6O4/c1-17-15-20(18(2)31-22-9-10-23(30)32-25(22)28(39)40)24-21(16-17)27(38)34(3)29(33-24)36-13-11-35(12-14-36)26(37)19-7-5-4-6-8-19/h4-10,15-16,18,31H,11-14H2,1-3H3,(H,39,40). The highest BCUT2D eigenvalue weighted by Gasteiger charge is 2.26. The van der Waals surface area contributed by atoms with Gasteiger partial charge in [0.15, 0.2) is 5.69 Å². The molecule has 0 saturated carbocycles. The third-order valence-electron chi connectivity index (χ3n) is 7.10. The van der Waals surface area contributed by atoms with Gasteiger partial charge in [-0.15, -0.1) is 0 Å². The number of anilines is 2. The number of hydrogen-bond donors (Lipinski definition) is 2. The monoisotopic (exact) mass is 560 g/mol. The molecule has 10 nitrogen and oxygen atoms in total. The molecule has 1 aliphatic heterocycles. The fourth-order valence-electron chi connectivity index (χ4n) is 5.05. The second-order valence-electron chi connectivity index (χ2n) is 9.87. The van der Waals surface area contributed by atoms with Crippen LogP contribution >= 0.6 is 11.6 Å². The van der Waals surface area contributed by atoms with Crippen LogP contribution in [0.1, 0.15) is 44.9 Å². The number of aryl methyl sites for hydroxylation is 1. The molecule has 1 unspecified atom stereocenters. The summed E-state index contributed by atoms with van der Waals surface area (Å²) < 4.78 is 1.55. The second-order valence-corrected chi connectivity index (χ2v) is 10.3. The maximum Gasteiger partial charge on any atom is 0.356 e. The first-order valence-electron chi connectivity index (χ1n) is 12.9. The van der Waals surface area contributed by atoms with Crippen molar-refractivity contribution >= 4 is 46.0 Å². The number of pyridine rings is 1. The van der Waals surface area contributed by atoms with Gasteiger partial charge in [-0.25, -0.2) is 14.8 Å². The summed E-state index contributed by atoms with van der Waals surface area (Å²) in [5, 5.41) is 13.4. The molecule has 2 N–H and O–H groups in total. The third-order valence-corrected chi connectivity index (χ3v) is 7.31. The number of amides is 1. The molecule has 1 fully saturated rings. The predicted octanol–water partition coefficient (Wildman–Crippen LogP) is 4.12. The minimum absolute atomic E-state index is 0.0179. The van der Waals surface area contributed by atoms with E-state index in [9.17, 15) is 19.5 Å². The van der Waals surface area contributed by atoms with Crippen LogP contribution in [-0.2, 0) is 7.05 Å². The normalized spacial score (nSPS) is 14.3. The lowest BCUT2D eigenvalue weighted by atomic mass is 10.0. The summed E-state index contributed by atoms with van der Waals surface area (Å²) in [6.45, 7) is 5.83. The molecular formula is C29H29ClN6O4. The predicted molar refractivity (Wildman–Crippen MR) is 155 cm³/mol. The molecule has 5 rings (SSSR count). The molecule has 1 aliphatic rings. The van der Waals surface area contributed by atoms with Crippen molar-refractivity contribution in [1.82, 2.24) is 19.4 Å². The van der Waals surface area contributed by atoms with Gasteiger partial charge in [-0.05, 0) is 49.7 Å². The summed E-state index contributed by atoms with van der Waals surface area (Å²) in [5.74, 6) is -0.706. The molecule has 3 heterocycles. The quantitative estimate of drug-likeness (QED) is 0.338. The first-order chi connectivity index (χ1) is 19.1. The number of halogens is 1. The van der Waals surface area contributed by atoms with E-state index in [0.717, 1.165) is 11.1 Å². The van der Waals surface area contributed by atoms with Crippen LogP contribution in [0.2, 0.25) is 5.15 Å². The molecule has 2 aromatic heterocycles. The average molecular weight is 561 g/mol. The molecule has 1 saturated heterocycles. The zero-order valence-electron chi connectivity index (χ0n) is 22.4. The number of rotatable bonds is 6. The highest BCUT2D eigenvalue weighted by Crippen LogP contribution is 2.29. The lowest BCUT2D eigenvalue weighted by Gasteiger charge is -2.36. The molecule has 0 bridgehead atoms. The van der Waals surface area contributed by atoms with Gasteiger partial charge in [0.25, 0.3) is 11.5 Å². The highest BCUT2D eigenvalue weighted by molar-refractivity contribution is 6.29. The Labute approximate surface area is 235 Å². The van der Waals surface area contributed by atoms with Gasteiger partial charge in [0.05, 0.1) is 22.6 Å². The minimum Gasteiger partial charge on any atom is -0.476 e. The number of aromatic nitrogens is 3. The van der Waals surface area contributed by atoms with Crippen molar-refractivity contribution in [3.05, 3.63) is 92.5 Å². The highest BCUT2D eigenvalue weighted by atomic mass is 35.5. The van der Waals surface area contributed by atoms with E-state index in [1.165, 1.54) is 6.07 Å². The second kappa shape index (κ2) is 11.0. The number of nitrogens with zero attached hydrogens (tertiary/aromatic N) is 5. The van der Waals surface area contributed by atoms with E-state index < -0.39 is 12.0 Å². The van der Waals surface area contributed by atoms with Gasteiger partial charge in [-0.1, -0.05) is 35.9 Å². The van der Waals surface area contributed by atoms with Gasteiger partial charge in [-0.3, -0.25) is 14.2 Å². The molecule has 2 aromatic carbocycles. The first-order valence-corrected chi connectivity index (χ1v) is 13.3. The number of piperazine rings is 1. The Kier molecular flexibility index (Phi) is 7.44. The van der Waals surface area contributed by atoms with Gasteiger partial charge in [0, 0.05) is 44.4 Å². The summed E-state index contributed by atoms with van der Waals surface area (Å²) in [7, 11) is 1.70. The summed E-state index contributed by atoms with van der Waals surface area (Å²) in [6.07, 6.45) is 0. The Hall–Kier alpha value is -4.44. The average Bonchev–Trinajstić information content (AvgIpc) is 2.95. The Bertz CT molecular complexity index is 1670. The van der Waals surface area contributed by atoms with Crippen LogP contribution in [0.25, 0.3) is 10.9 Å². The smallest absolute Gasteiger partial charge is 0.356 e. The minimum atomic E-state index is -1.20. The van der Waals surface area contributed by atoms with Gasteiger partial charge in [0.2, 0.25) is 5.95 Å². The van der Waals surface area contributed by atoms with Crippen LogP contribution in [0.4, 0.5) is 11.6 Å². The third kappa shape index (κ3) is 5.22. The van der Waals surface area contributed by atoms with Gasteiger partial charge in [-0.2, -0.15) is 0 Å². The molecule has 206 valence electrons. The van der Waals surface area contributed by atoms with Crippen molar-refractivity contribution in [2.75, 3.05) is 36.4 Å². The van der Waals surface area contributed by atoms with E-state index in [1.54, 1.807) is 17.7 Å². The van der Waals surface area contributed by atoms with Crippen molar-refractivity contribution < 1.29 is 14.7 Å². The van der Waals surface area contributed by atoms with Gasteiger partial charge < -0.3 is 20.2 Å². The number of carboxylic acid groups (broad SMARTS) is 1. The van der Waals surface area contributed by atoms with E-state index >= 15 is 0 Å². The van der Waals surface area contributed by atoms with E-state index in [2.05, 4.69) is 10.3 Å². The van der Waals surface area contributed by atoms with Crippen LogP contribution < -0.4 is 15.8 Å². The number of hydrogen-bond acceptors (Lipinski definition) is 7. The van der Waals surface area contributed by atoms with E-state index in [0.29, 0.717) is 54.3 Å². The summed E-state index contributed by atoms with van der Waals surface area (Å²) >= 11 is 5.92. The largest absolute Gasteiger partial charge is 0.476 e. The number of benzene rings is 2. The van der Waals surface area contributed by atoms with Crippen LogP contribution in [0.15, 0.2) is 59.4 Å². The fraction of sp³-hybridized carbons (Fsp3) is 0.276. The number of carboxylic acids is 1. The lowest BCUT2D eigenvalue weighted by Crippen LogP contribution is -2.50. The Morgan fingerprint density at radius 1 is 1.02 bits per heavy atom. The molecule has 11 heteroatoms. The van der Waals surface area contributed by atoms with E-state index in [-0.39, 0.29) is 22.3 Å². The van der Waals surface area contributed by atoms with Crippen molar-refractivity contribution in [2.24, 2.45) is 7.05 Å². The molecule has 0 radical (unpaired) electrons. The molecule has 0 spiro atoms. The number of nitrogens with one attached hydrogen (secondary N) is 1. The maximum absolute atomic E-state index is 13.5. The van der Waals surface area contributed by atoms with Crippen molar-refractivity contribution in [3.63, 3.8) is 0 Å². The zero-order valence-corrected chi connectivity index (χ0v) is 23.1. The zero-order chi connectivity index (χ0) is 28.6. The number of carbonyl (C=O) groups is 2. The molecule has 1 atom stereocenters. The Balaban J connectivity index is 1.47. The molecular weight excluding hydrogens is 532 g/mol. The number of carbonyl (C=O) groups excluding carboxylic acids is 1. The molecule has 0 aliphatic carbocycles. The fourth-order valence-corrected chi connectivity index (χ4v) is 5.20. The van der Waals surface area contributed by atoms with Crippen molar-refractivity contribution in [2.45, 2.75) is 19.9 Å². The van der Waals surface area contributed by atoms with Crippen LogP contribution in [0.3, 0.4) is 0 Å². The Morgan fingerprint density at radius 3 is 2.40 bits per heavy atom. The summed E-state index contributed by atoms with van der Waals surface area (Å²) in [5.41, 5.74) is 2.74. The topological polar surface area (TPSA) is 121 Å². The first kappa shape index (κ1) is 27.1. The van der Waals surface area contributed by atoms with Crippen LogP contribution in [-0.4, -0.2) is 62.6 Å². The maximum atomic E-state index is 13.5. The van der Waals surface area contributed by atoms with Crippen molar-refractivity contribution in [3.8, 4) is 0 Å². The van der Waals surface area contributed by atoms with Crippen LogP contribution in [0.5, 0.6) is 0 Å². The Morgan fingerprint density at radius 2 is 1.73 bits per heavy atom. The van der Waals surface area contributed by atoms with Crippen LogP contribution in [0, 0.1) is 6.92 Å². The van der Waals surface area contributed by atoms with Gasteiger partial charge >= 0.3 is 5.97 Å². The van der Waals surface area contributed by atoms with E-state index in [1.807, 2.05) is 66.1 Å². The SMILES string of the molecule is Cc1cc(C(C)Nc2ccc(Cl)nc2C(=O)O)c2nc(N3CCN(C(=O)c4ccccc4)CC3)n(C)c(=O)c2c1. The molecule has 40 heavy (non-hydrogen) atoms. The number of aromatic carboxylic acids is 1. The molecule has 4 aromatic rings. The van der Waals surface area contributed by atoms with E-state index in [4.69, 9.17) is 16.6 Å².